The van der Waals surface area contributed by atoms with Gasteiger partial charge in [-0.25, -0.2) is 0 Å². The number of nitrogens with zero attached hydrogens (tertiary/aromatic N) is 1. The van der Waals surface area contributed by atoms with Crippen LogP contribution in [0.3, 0.4) is 0 Å². The van der Waals surface area contributed by atoms with Gasteiger partial charge in [0.25, 0.3) is 0 Å². The summed E-state index contributed by atoms with van der Waals surface area (Å²) in [6.07, 6.45) is 0.976. The molecule has 114 valence electrons. The average Bonchev–Trinajstić information content (AvgIpc) is 2.47. The van der Waals surface area contributed by atoms with Gasteiger partial charge in [-0.05, 0) is 24.1 Å². The normalized spacial score (nSPS) is 12.8. The van der Waals surface area contributed by atoms with E-state index in [0.29, 0.717) is 13.2 Å². The molecule has 1 aromatic rings. The van der Waals surface area contributed by atoms with Crippen LogP contribution in [-0.2, 0) is 9.47 Å². The van der Waals surface area contributed by atoms with Crippen molar-refractivity contribution in [3.05, 3.63) is 34.9 Å². The van der Waals surface area contributed by atoms with Crippen LogP contribution in [0.2, 0.25) is 5.02 Å². The molecule has 4 nitrogen and oxygen atoms in total. The zero-order valence-electron chi connectivity index (χ0n) is 12.3. The number of benzene rings is 1. The van der Waals surface area contributed by atoms with Crippen molar-refractivity contribution in [1.82, 2.24) is 4.90 Å². The first kappa shape index (κ1) is 17.4. The Morgan fingerprint density at radius 1 is 1.10 bits per heavy atom. The Morgan fingerprint density at radius 3 is 2.30 bits per heavy atom. The second-order valence-corrected chi connectivity index (χ2v) is 5.11. The lowest BCUT2D eigenvalue weighted by atomic mass is 10.1. The van der Waals surface area contributed by atoms with Crippen molar-refractivity contribution in [3.63, 3.8) is 0 Å². The minimum Gasteiger partial charge on any atom is -0.385 e. The van der Waals surface area contributed by atoms with E-state index in [9.17, 15) is 0 Å². The van der Waals surface area contributed by atoms with E-state index >= 15 is 0 Å². The average molecular weight is 301 g/mol. The molecule has 0 saturated carbocycles. The number of hydrogen-bond acceptors (Lipinski definition) is 4. The summed E-state index contributed by atoms with van der Waals surface area (Å²) in [5.74, 6) is 0. The molecule has 0 saturated heterocycles. The van der Waals surface area contributed by atoms with Crippen LogP contribution in [0.5, 0.6) is 0 Å². The third-order valence-electron chi connectivity index (χ3n) is 3.30. The third kappa shape index (κ3) is 5.77. The van der Waals surface area contributed by atoms with E-state index in [1.165, 1.54) is 5.56 Å². The highest BCUT2D eigenvalue weighted by molar-refractivity contribution is 6.30. The van der Waals surface area contributed by atoms with Gasteiger partial charge in [0.15, 0.2) is 0 Å². The lowest BCUT2D eigenvalue weighted by Crippen LogP contribution is -2.37. The summed E-state index contributed by atoms with van der Waals surface area (Å²) in [5.41, 5.74) is 7.16. The molecule has 0 aliphatic rings. The molecule has 0 aliphatic heterocycles. The van der Waals surface area contributed by atoms with Crippen LogP contribution >= 0.6 is 11.6 Å². The molecular formula is C15H25ClN2O2. The van der Waals surface area contributed by atoms with Crippen LogP contribution in [0, 0.1) is 0 Å². The van der Waals surface area contributed by atoms with Crippen molar-refractivity contribution in [2.45, 2.75) is 12.5 Å². The lowest BCUT2D eigenvalue weighted by molar-refractivity contribution is 0.108. The predicted octanol–water partition coefficient (Wildman–Crippen LogP) is 2.32. The van der Waals surface area contributed by atoms with Gasteiger partial charge in [0.2, 0.25) is 0 Å². The van der Waals surface area contributed by atoms with Crippen LogP contribution in [0.15, 0.2) is 24.3 Å². The number of rotatable bonds is 10. The number of ether oxygens (including phenoxy) is 2. The maximum absolute atomic E-state index is 5.97. The molecule has 0 fully saturated rings. The van der Waals surface area contributed by atoms with Gasteiger partial charge in [-0.2, -0.15) is 0 Å². The van der Waals surface area contributed by atoms with Gasteiger partial charge in [0, 0.05) is 51.5 Å². The highest BCUT2D eigenvalue weighted by Gasteiger charge is 2.18. The minimum absolute atomic E-state index is 0.180. The van der Waals surface area contributed by atoms with Gasteiger partial charge in [-0.15, -0.1) is 0 Å². The molecule has 0 spiro atoms. The highest BCUT2D eigenvalue weighted by atomic mass is 35.5. The molecule has 1 aromatic carbocycles. The first-order chi connectivity index (χ1) is 9.72. The summed E-state index contributed by atoms with van der Waals surface area (Å²) in [6, 6.07) is 8.07. The fraction of sp³-hybridized carbons (Fsp3) is 0.600. The molecule has 0 amide bonds. The Morgan fingerprint density at radius 2 is 1.75 bits per heavy atom. The lowest BCUT2D eigenvalue weighted by Gasteiger charge is -2.31. The molecule has 1 rings (SSSR count). The minimum atomic E-state index is 0.180. The molecule has 0 radical (unpaired) electrons. The smallest absolute Gasteiger partial charge is 0.0589 e. The molecule has 20 heavy (non-hydrogen) atoms. The second-order valence-electron chi connectivity index (χ2n) is 4.68. The van der Waals surface area contributed by atoms with Gasteiger partial charge in [-0.1, -0.05) is 23.7 Å². The summed E-state index contributed by atoms with van der Waals surface area (Å²) < 4.78 is 10.3. The van der Waals surface area contributed by atoms with Crippen molar-refractivity contribution >= 4 is 11.6 Å². The Hall–Kier alpha value is -0.650. The molecule has 1 atom stereocenters. The molecule has 5 heteroatoms. The van der Waals surface area contributed by atoms with E-state index in [2.05, 4.69) is 4.90 Å². The van der Waals surface area contributed by atoms with Crippen LogP contribution < -0.4 is 5.73 Å². The molecule has 0 aliphatic carbocycles. The topological polar surface area (TPSA) is 47.7 Å². The van der Waals surface area contributed by atoms with Gasteiger partial charge in [-0.3, -0.25) is 4.90 Å². The molecular weight excluding hydrogens is 276 g/mol. The molecule has 0 aromatic heterocycles. The number of nitrogens with two attached hydrogens (primary N) is 1. The summed E-state index contributed by atoms with van der Waals surface area (Å²) >= 11 is 5.94. The van der Waals surface area contributed by atoms with Gasteiger partial charge in [0.1, 0.15) is 0 Å². The van der Waals surface area contributed by atoms with Gasteiger partial charge >= 0.3 is 0 Å². The van der Waals surface area contributed by atoms with E-state index < -0.39 is 0 Å². The van der Waals surface area contributed by atoms with Gasteiger partial charge < -0.3 is 15.2 Å². The molecule has 1 unspecified atom stereocenters. The molecule has 0 bridgehead atoms. The standard InChI is InChI=1S/C15H25ClN2O2/c1-19-10-3-8-18(9-11-20-2)15(12-17)13-4-6-14(16)7-5-13/h4-7,15H,3,8-12,17H2,1-2H3. The van der Waals surface area contributed by atoms with Gasteiger partial charge in [0.05, 0.1) is 6.61 Å². The van der Waals surface area contributed by atoms with Crippen molar-refractivity contribution in [2.24, 2.45) is 5.73 Å². The summed E-state index contributed by atoms with van der Waals surface area (Å²) in [5, 5.41) is 0.743. The highest BCUT2D eigenvalue weighted by Crippen LogP contribution is 2.21. The number of hydrogen-bond donors (Lipinski definition) is 1. The summed E-state index contributed by atoms with van der Waals surface area (Å²) in [4.78, 5) is 2.34. The fourth-order valence-corrected chi connectivity index (χ4v) is 2.35. The Bertz CT molecular complexity index is 359. The summed E-state index contributed by atoms with van der Waals surface area (Å²) in [7, 11) is 3.44. The number of halogens is 1. The van der Waals surface area contributed by atoms with Crippen molar-refractivity contribution in [1.29, 1.82) is 0 Å². The van der Waals surface area contributed by atoms with Crippen LogP contribution in [0.25, 0.3) is 0 Å². The van der Waals surface area contributed by atoms with Crippen LogP contribution in [0.4, 0.5) is 0 Å². The first-order valence-corrected chi connectivity index (χ1v) is 7.28. The Kier molecular flexibility index (Phi) is 8.82. The zero-order valence-corrected chi connectivity index (χ0v) is 13.1. The SMILES string of the molecule is COCCCN(CCOC)C(CN)c1ccc(Cl)cc1. The van der Waals surface area contributed by atoms with Crippen molar-refractivity contribution in [2.75, 3.05) is 47.1 Å². The van der Waals surface area contributed by atoms with Crippen LogP contribution in [-0.4, -0.2) is 52.0 Å². The summed E-state index contributed by atoms with van der Waals surface area (Å²) in [6.45, 7) is 3.79. The predicted molar refractivity (Wildman–Crippen MR) is 83.2 cm³/mol. The van der Waals surface area contributed by atoms with E-state index in [-0.39, 0.29) is 6.04 Å². The molecule has 0 heterocycles. The van der Waals surface area contributed by atoms with E-state index in [4.69, 9.17) is 26.8 Å². The van der Waals surface area contributed by atoms with Crippen molar-refractivity contribution in [3.8, 4) is 0 Å². The second kappa shape index (κ2) is 10.1. The quantitative estimate of drug-likeness (QED) is 0.674. The third-order valence-corrected chi connectivity index (χ3v) is 3.55. The van der Waals surface area contributed by atoms with E-state index in [1.807, 2.05) is 24.3 Å². The number of methoxy groups -OCH3 is 2. The molecule has 2 N–H and O–H groups in total. The Balaban J connectivity index is 2.74. The maximum Gasteiger partial charge on any atom is 0.0589 e. The zero-order chi connectivity index (χ0) is 14.8. The maximum atomic E-state index is 5.97. The first-order valence-electron chi connectivity index (χ1n) is 6.90. The van der Waals surface area contributed by atoms with E-state index in [0.717, 1.165) is 31.1 Å². The largest absolute Gasteiger partial charge is 0.385 e. The fourth-order valence-electron chi connectivity index (χ4n) is 2.22. The Labute approximate surface area is 126 Å². The van der Waals surface area contributed by atoms with Crippen molar-refractivity contribution < 1.29 is 9.47 Å². The van der Waals surface area contributed by atoms with E-state index in [1.54, 1.807) is 14.2 Å². The van der Waals surface area contributed by atoms with Crippen LogP contribution in [0.1, 0.15) is 18.0 Å². The monoisotopic (exact) mass is 300 g/mol.